The minimum absolute atomic E-state index is 0.0181. The molecule has 0 aliphatic carbocycles. The third kappa shape index (κ3) is 2.20. The van der Waals surface area contributed by atoms with Gasteiger partial charge in [0.05, 0.1) is 6.04 Å². The summed E-state index contributed by atoms with van der Waals surface area (Å²) in [6, 6.07) is 1.95. The lowest BCUT2D eigenvalue weighted by Gasteiger charge is -2.14. The molecule has 2 rings (SSSR count). The Labute approximate surface area is 87.5 Å². The highest BCUT2D eigenvalue weighted by atomic mass is 16.4. The zero-order chi connectivity index (χ0) is 10.8. The van der Waals surface area contributed by atoms with Crippen LogP contribution in [0, 0.1) is 0 Å². The summed E-state index contributed by atoms with van der Waals surface area (Å²) in [5.74, 6) is 0.909. The van der Waals surface area contributed by atoms with Gasteiger partial charge < -0.3 is 15.3 Å². The minimum atomic E-state index is -0.956. The maximum Gasteiger partial charge on any atom is 0.404 e. The lowest BCUT2D eigenvalue weighted by Crippen LogP contribution is -2.36. The second-order valence-corrected chi connectivity index (χ2v) is 3.73. The molecule has 1 saturated heterocycles. The van der Waals surface area contributed by atoms with Crippen molar-refractivity contribution in [2.45, 2.75) is 12.5 Å². The molecule has 1 aromatic rings. The highest BCUT2D eigenvalue weighted by Gasteiger charge is 2.24. The number of anilines is 1. The van der Waals surface area contributed by atoms with Crippen LogP contribution in [0.5, 0.6) is 0 Å². The number of hydrogen-bond acceptors (Lipinski definition) is 3. The van der Waals surface area contributed by atoms with Crippen molar-refractivity contribution >= 4 is 11.9 Å². The Hall–Kier alpha value is -1.72. The van der Waals surface area contributed by atoms with E-state index in [-0.39, 0.29) is 6.04 Å². The lowest BCUT2D eigenvalue weighted by atomic mass is 10.3. The minimum Gasteiger partial charge on any atom is -0.465 e. The maximum atomic E-state index is 10.5. The van der Waals surface area contributed by atoms with Gasteiger partial charge in [-0.2, -0.15) is 5.10 Å². The molecule has 1 fully saturated rings. The number of rotatable bonds is 2. The molecule has 1 amide bonds. The average Bonchev–Trinajstić information content (AvgIpc) is 2.72. The van der Waals surface area contributed by atoms with E-state index in [2.05, 4.69) is 15.3 Å². The first-order valence-electron chi connectivity index (χ1n) is 4.89. The zero-order valence-corrected chi connectivity index (χ0v) is 8.55. The molecule has 0 radical (unpaired) electrons. The Morgan fingerprint density at radius 3 is 3.13 bits per heavy atom. The summed E-state index contributed by atoms with van der Waals surface area (Å²) in [6.45, 7) is 1.55. The van der Waals surface area contributed by atoms with Gasteiger partial charge in [-0.05, 0) is 6.42 Å². The van der Waals surface area contributed by atoms with E-state index in [1.54, 1.807) is 4.68 Å². The summed E-state index contributed by atoms with van der Waals surface area (Å²) < 4.78 is 1.74. The third-order valence-electron chi connectivity index (χ3n) is 2.54. The normalized spacial score (nSPS) is 20.6. The number of hydrogen-bond donors (Lipinski definition) is 2. The SMILES string of the molecule is Cn1ccc(N2CCC(NC(=O)O)C2)n1. The summed E-state index contributed by atoms with van der Waals surface area (Å²) in [4.78, 5) is 12.5. The van der Waals surface area contributed by atoms with Crippen LogP contribution >= 0.6 is 0 Å². The molecule has 82 valence electrons. The van der Waals surface area contributed by atoms with E-state index in [4.69, 9.17) is 5.11 Å². The fraction of sp³-hybridized carbons (Fsp3) is 0.556. The molecule has 0 aromatic carbocycles. The summed E-state index contributed by atoms with van der Waals surface area (Å²) >= 11 is 0. The van der Waals surface area contributed by atoms with Crippen LogP contribution < -0.4 is 10.2 Å². The molecule has 1 aliphatic rings. The highest BCUT2D eigenvalue weighted by molar-refractivity contribution is 5.65. The first-order valence-corrected chi connectivity index (χ1v) is 4.89. The first-order chi connectivity index (χ1) is 7.15. The molecular formula is C9H14N4O2. The van der Waals surface area contributed by atoms with Crippen molar-refractivity contribution in [3.05, 3.63) is 12.3 Å². The summed E-state index contributed by atoms with van der Waals surface area (Å²) in [5, 5.41) is 15.3. The van der Waals surface area contributed by atoms with Crippen LogP contribution in [-0.2, 0) is 7.05 Å². The maximum absolute atomic E-state index is 10.5. The van der Waals surface area contributed by atoms with Gasteiger partial charge in [0.25, 0.3) is 0 Å². The zero-order valence-electron chi connectivity index (χ0n) is 8.55. The summed E-state index contributed by atoms with van der Waals surface area (Å²) in [5.41, 5.74) is 0. The molecule has 6 heteroatoms. The molecule has 0 saturated carbocycles. The van der Waals surface area contributed by atoms with E-state index in [1.165, 1.54) is 0 Å². The Bertz CT molecular complexity index is 363. The Morgan fingerprint density at radius 1 is 1.73 bits per heavy atom. The highest BCUT2D eigenvalue weighted by Crippen LogP contribution is 2.17. The van der Waals surface area contributed by atoms with Crippen LogP contribution in [0.25, 0.3) is 0 Å². The second kappa shape index (κ2) is 3.80. The van der Waals surface area contributed by atoms with Crippen molar-refractivity contribution < 1.29 is 9.90 Å². The van der Waals surface area contributed by atoms with E-state index in [0.29, 0.717) is 6.54 Å². The molecule has 1 aliphatic heterocycles. The molecule has 2 heterocycles. The number of aromatic nitrogens is 2. The van der Waals surface area contributed by atoms with E-state index in [9.17, 15) is 4.79 Å². The van der Waals surface area contributed by atoms with Gasteiger partial charge in [0.1, 0.15) is 0 Å². The average molecular weight is 210 g/mol. The number of carbonyl (C=O) groups is 1. The van der Waals surface area contributed by atoms with Crippen LogP contribution in [0.4, 0.5) is 10.6 Å². The topological polar surface area (TPSA) is 70.4 Å². The van der Waals surface area contributed by atoms with Crippen molar-refractivity contribution in [1.82, 2.24) is 15.1 Å². The molecule has 0 spiro atoms. The van der Waals surface area contributed by atoms with E-state index >= 15 is 0 Å². The van der Waals surface area contributed by atoms with E-state index in [1.807, 2.05) is 19.3 Å². The molecule has 15 heavy (non-hydrogen) atoms. The van der Waals surface area contributed by atoms with Crippen LogP contribution in [0.3, 0.4) is 0 Å². The van der Waals surface area contributed by atoms with Gasteiger partial charge in [0.2, 0.25) is 0 Å². The van der Waals surface area contributed by atoms with Gasteiger partial charge in [-0.3, -0.25) is 4.68 Å². The predicted molar refractivity (Wildman–Crippen MR) is 55.0 cm³/mol. The van der Waals surface area contributed by atoms with Gasteiger partial charge in [-0.15, -0.1) is 0 Å². The molecule has 1 atom stereocenters. The smallest absolute Gasteiger partial charge is 0.404 e. The number of aryl methyl sites for hydroxylation is 1. The fourth-order valence-corrected chi connectivity index (χ4v) is 1.83. The fourth-order valence-electron chi connectivity index (χ4n) is 1.83. The number of carboxylic acid groups (broad SMARTS) is 1. The predicted octanol–water partition coefficient (Wildman–Crippen LogP) is 0.266. The van der Waals surface area contributed by atoms with Crippen molar-refractivity contribution in [2.24, 2.45) is 7.05 Å². The summed E-state index contributed by atoms with van der Waals surface area (Å²) in [6.07, 6.45) is 1.76. The van der Waals surface area contributed by atoms with Gasteiger partial charge in [0, 0.05) is 32.4 Å². The van der Waals surface area contributed by atoms with E-state index in [0.717, 1.165) is 18.8 Å². The molecule has 0 bridgehead atoms. The Balaban J connectivity index is 1.95. The molecule has 2 N–H and O–H groups in total. The van der Waals surface area contributed by atoms with Crippen LogP contribution in [-0.4, -0.2) is 40.1 Å². The molecule has 1 unspecified atom stereocenters. The second-order valence-electron chi connectivity index (χ2n) is 3.73. The van der Waals surface area contributed by atoms with Gasteiger partial charge in [0.15, 0.2) is 5.82 Å². The van der Waals surface area contributed by atoms with Crippen molar-refractivity contribution in [2.75, 3.05) is 18.0 Å². The van der Waals surface area contributed by atoms with Crippen LogP contribution in [0.2, 0.25) is 0 Å². The Morgan fingerprint density at radius 2 is 2.53 bits per heavy atom. The standard InChI is InChI=1S/C9H14N4O2/c1-12-4-3-8(11-12)13-5-2-7(6-13)10-9(14)15/h3-4,7,10H,2,5-6H2,1H3,(H,14,15). The van der Waals surface area contributed by atoms with Gasteiger partial charge in [-0.1, -0.05) is 0 Å². The van der Waals surface area contributed by atoms with Crippen molar-refractivity contribution in [3.8, 4) is 0 Å². The monoisotopic (exact) mass is 210 g/mol. The van der Waals surface area contributed by atoms with Crippen LogP contribution in [0.15, 0.2) is 12.3 Å². The Kier molecular flexibility index (Phi) is 2.49. The number of amides is 1. The van der Waals surface area contributed by atoms with Crippen molar-refractivity contribution in [1.29, 1.82) is 0 Å². The molecule has 1 aromatic heterocycles. The first kappa shape index (κ1) is 9.82. The summed E-state index contributed by atoms with van der Waals surface area (Å²) in [7, 11) is 1.87. The quantitative estimate of drug-likeness (QED) is 0.735. The molecular weight excluding hydrogens is 196 g/mol. The van der Waals surface area contributed by atoms with E-state index < -0.39 is 6.09 Å². The molecule has 6 nitrogen and oxygen atoms in total. The number of nitrogens with one attached hydrogen (secondary N) is 1. The van der Waals surface area contributed by atoms with Crippen molar-refractivity contribution in [3.63, 3.8) is 0 Å². The largest absolute Gasteiger partial charge is 0.465 e. The third-order valence-corrected chi connectivity index (χ3v) is 2.54. The number of nitrogens with zero attached hydrogens (tertiary/aromatic N) is 3. The van der Waals surface area contributed by atoms with Gasteiger partial charge >= 0.3 is 6.09 Å². The van der Waals surface area contributed by atoms with Gasteiger partial charge in [-0.25, -0.2) is 4.79 Å². The lowest BCUT2D eigenvalue weighted by molar-refractivity contribution is 0.191. The van der Waals surface area contributed by atoms with Crippen LogP contribution in [0.1, 0.15) is 6.42 Å².